The Bertz CT molecular complexity index is 230. The summed E-state index contributed by atoms with van der Waals surface area (Å²) >= 11 is 0. The highest BCUT2D eigenvalue weighted by Gasteiger charge is 2.20. The third kappa shape index (κ3) is 5.48. The number of likely N-dealkylation sites (N-methyl/N-ethyl adjacent to an activating group) is 2. The Morgan fingerprint density at radius 3 is 2.82 bits per heavy atom. The maximum atomic E-state index is 11.9. The highest BCUT2D eigenvalue weighted by molar-refractivity contribution is 5.77. The second-order valence-corrected chi connectivity index (χ2v) is 4.73. The zero-order valence-corrected chi connectivity index (χ0v) is 11.1. The molecule has 1 aliphatic heterocycles. The van der Waals surface area contributed by atoms with Crippen LogP contribution in [-0.4, -0.2) is 76.4 Å². The summed E-state index contributed by atoms with van der Waals surface area (Å²) in [6.45, 7) is 4.31. The van der Waals surface area contributed by atoms with Gasteiger partial charge in [-0.05, 0) is 13.5 Å². The van der Waals surface area contributed by atoms with Crippen LogP contribution in [0.15, 0.2) is 0 Å². The van der Waals surface area contributed by atoms with Crippen LogP contribution in [-0.2, 0) is 14.3 Å². The van der Waals surface area contributed by atoms with Gasteiger partial charge in [-0.2, -0.15) is 0 Å². The fraction of sp³-hybridized carbons (Fsp3) is 0.917. The van der Waals surface area contributed by atoms with E-state index in [4.69, 9.17) is 9.47 Å². The van der Waals surface area contributed by atoms with E-state index in [2.05, 4.69) is 0 Å². The monoisotopic (exact) mass is 244 g/mol. The van der Waals surface area contributed by atoms with E-state index in [-0.39, 0.29) is 5.91 Å². The van der Waals surface area contributed by atoms with Crippen LogP contribution in [0.1, 0.15) is 6.42 Å². The lowest BCUT2D eigenvalue weighted by Crippen LogP contribution is -2.40. The second kappa shape index (κ2) is 7.63. The predicted octanol–water partition coefficient (Wildman–Crippen LogP) is 0.0595. The summed E-state index contributed by atoms with van der Waals surface area (Å²) in [7, 11) is 5.47. The number of methoxy groups -OCH3 is 1. The molecule has 1 fully saturated rings. The van der Waals surface area contributed by atoms with Crippen LogP contribution < -0.4 is 0 Å². The van der Waals surface area contributed by atoms with Gasteiger partial charge in [0.15, 0.2) is 0 Å². The number of amides is 1. The van der Waals surface area contributed by atoms with E-state index in [0.29, 0.717) is 19.1 Å². The van der Waals surface area contributed by atoms with E-state index in [9.17, 15) is 4.79 Å². The molecule has 1 aliphatic rings. The van der Waals surface area contributed by atoms with Crippen molar-refractivity contribution in [3.8, 4) is 0 Å². The molecule has 1 rings (SSSR count). The second-order valence-electron chi connectivity index (χ2n) is 4.73. The third-order valence-electron chi connectivity index (χ3n) is 3.06. The van der Waals surface area contributed by atoms with Gasteiger partial charge in [0.1, 0.15) is 0 Å². The van der Waals surface area contributed by atoms with Gasteiger partial charge in [-0.25, -0.2) is 0 Å². The van der Waals surface area contributed by atoms with Crippen molar-refractivity contribution in [1.29, 1.82) is 0 Å². The molecule has 0 radical (unpaired) electrons. The molecule has 0 aromatic heterocycles. The summed E-state index contributed by atoms with van der Waals surface area (Å²) in [5.74, 6) is 0.670. The summed E-state index contributed by atoms with van der Waals surface area (Å²) in [4.78, 5) is 15.7. The Morgan fingerprint density at radius 1 is 1.47 bits per heavy atom. The highest BCUT2D eigenvalue weighted by Crippen LogP contribution is 2.13. The fourth-order valence-electron chi connectivity index (χ4n) is 1.89. The molecule has 100 valence electrons. The fourth-order valence-corrected chi connectivity index (χ4v) is 1.89. The Morgan fingerprint density at radius 2 is 2.24 bits per heavy atom. The molecule has 0 N–H and O–H groups in total. The van der Waals surface area contributed by atoms with E-state index in [1.807, 2.05) is 23.9 Å². The molecular formula is C12H24N2O3. The Labute approximate surface area is 104 Å². The van der Waals surface area contributed by atoms with Crippen molar-refractivity contribution >= 4 is 5.91 Å². The van der Waals surface area contributed by atoms with Crippen LogP contribution in [0.25, 0.3) is 0 Å². The van der Waals surface area contributed by atoms with E-state index in [1.165, 1.54) is 0 Å². The zero-order valence-electron chi connectivity index (χ0n) is 11.1. The molecule has 0 bridgehead atoms. The van der Waals surface area contributed by atoms with Crippen molar-refractivity contribution < 1.29 is 14.3 Å². The molecule has 5 nitrogen and oxygen atoms in total. The Hall–Kier alpha value is -0.650. The minimum atomic E-state index is 0.163. The minimum Gasteiger partial charge on any atom is -0.383 e. The summed E-state index contributed by atoms with van der Waals surface area (Å²) in [6, 6.07) is 0. The van der Waals surface area contributed by atoms with Crippen molar-refractivity contribution in [3.63, 3.8) is 0 Å². The molecule has 17 heavy (non-hydrogen) atoms. The average Bonchev–Trinajstić information content (AvgIpc) is 2.78. The Balaban J connectivity index is 2.20. The van der Waals surface area contributed by atoms with Gasteiger partial charge in [0, 0.05) is 39.8 Å². The van der Waals surface area contributed by atoms with E-state index in [0.717, 1.165) is 32.7 Å². The Kier molecular flexibility index (Phi) is 6.47. The molecule has 0 aromatic rings. The zero-order chi connectivity index (χ0) is 12.7. The lowest BCUT2D eigenvalue weighted by Gasteiger charge is -2.23. The first-order chi connectivity index (χ1) is 8.13. The van der Waals surface area contributed by atoms with E-state index < -0.39 is 0 Å². The van der Waals surface area contributed by atoms with Gasteiger partial charge in [0.05, 0.1) is 19.8 Å². The third-order valence-corrected chi connectivity index (χ3v) is 3.06. The summed E-state index contributed by atoms with van der Waals surface area (Å²) < 4.78 is 10.3. The maximum Gasteiger partial charge on any atom is 0.236 e. The smallest absolute Gasteiger partial charge is 0.236 e. The molecule has 1 heterocycles. The van der Waals surface area contributed by atoms with E-state index in [1.54, 1.807) is 7.11 Å². The number of rotatable bonds is 7. The van der Waals surface area contributed by atoms with Gasteiger partial charge in [-0.15, -0.1) is 0 Å². The maximum absolute atomic E-state index is 11.9. The topological polar surface area (TPSA) is 42.0 Å². The lowest BCUT2D eigenvalue weighted by molar-refractivity contribution is -0.131. The van der Waals surface area contributed by atoms with Gasteiger partial charge in [0.2, 0.25) is 5.91 Å². The molecule has 5 heteroatoms. The molecule has 0 aliphatic carbocycles. The number of hydrogen-bond donors (Lipinski definition) is 0. The quantitative estimate of drug-likeness (QED) is 0.635. The molecule has 1 atom stereocenters. The predicted molar refractivity (Wildman–Crippen MR) is 65.9 cm³/mol. The van der Waals surface area contributed by atoms with Crippen molar-refractivity contribution in [1.82, 2.24) is 9.80 Å². The molecule has 1 amide bonds. The van der Waals surface area contributed by atoms with Crippen molar-refractivity contribution in [2.24, 2.45) is 5.92 Å². The highest BCUT2D eigenvalue weighted by atomic mass is 16.5. The van der Waals surface area contributed by atoms with Gasteiger partial charge in [0.25, 0.3) is 0 Å². The number of carbonyl (C=O) groups is 1. The average molecular weight is 244 g/mol. The van der Waals surface area contributed by atoms with Crippen LogP contribution in [0.3, 0.4) is 0 Å². The summed E-state index contributed by atoms with van der Waals surface area (Å²) in [5.41, 5.74) is 0. The number of ether oxygens (including phenoxy) is 2. The van der Waals surface area contributed by atoms with Crippen LogP contribution in [0.2, 0.25) is 0 Å². The number of carbonyl (C=O) groups excluding carboxylic acids is 1. The van der Waals surface area contributed by atoms with Crippen LogP contribution in [0.5, 0.6) is 0 Å². The molecular weight excluding hydrogens is 220 g/mol. The summed E-state index contributed by atoms with van der Waals surface area (Å²) in [6.07, 6.45) is 1.07. The number of hydrogen-bond acceptors (Lipinski definition) is 4. The minimum absolute atomic E-state index is 0.163. The first kappa shape index (κ1) is 14.4. The standard InChI is InChI=1S/C12H24N2O3/c1-13(5-7-16-3)9-12(15)14(2)8-11-4-6-17-10-11/h11H,4-10H2,1-3H3. The van der Waals surface area contributed by atoms with Gasteiger partial charge in [-0.3, -0.25) is 9.69 Å². The van der Waals surface area contributed by atoms with E-state index >= 15 is 0 Å². The number of nitrogens with zero attached hydrogens (tertiary/aromatic N) is 2. The SMILES string of the molecule is COCCN(C)CC(=O)N(C)CC1CCOC1. The van der Waals surface area contributed by atoms with Crippen molar-refractivity contribution in [3.05, 3.63) is 0 Å². The normalized spacial score (nSPS) is 19.9. The molecule has 1 saturated heterocycles. The van der Waals surface area contributed by atoms with Gasteiger partial charge >= 0.3 is 0 Å². The molecule has 0 saturated carbocycles. The van der Waals surface area contributed by atoms with Crippen LogP contribution in [0, 0.1) is 5.92 Å². The van der Waals surface area contributed by atoms with Crippen LogP contribution in [0.4, 0.5) is 0 Å². The van der Waals surface area contributed by atoms with Gasteiger partial charge < -0.3 is 14.4 Å². The van der Waals surface area contributed by atoms with Gasteiger partial charge in [-0.1, -0.05) is 0 Å². The van der Waals surface area contributed by atoms with Crippen LogP contribution >= 0.6 is 0 Å². The largest absolute Gasteiger partial charge is 0.383 e. The molecule has 1 unspecified atom stereocenters. The first-order valence-electron chi connectivity index (χ1n) is 6.12. The van der Waals surface area contributed by atoms with Crippen molar-refractivity contribution in [2.75, 3.05) is 60.7 Å². The lowest BCUT2D eigenvalue weighted by atomic mass is 10.1. The summed E-state index contributed by atoms with van der Waals surface area (Å²) in [5, 5.41) is 0. The molecule has 0 spiro atoms. The van der Waals surface area contributed by atoms with Crippen molar-refractivity contribution in [2.45, 2.75) is 6.42 Å². The molecule has 0 aromatic carbocycles. The first-order valence-corrected chi connectivity index (χ1v) is 6.12.